The molecule has 0 aliphatic carbocycles. The summed E-state index contributed by atoms with van der Waals surface area (Å²) >= 11 is 0. The molecular weight excluding hydrogens is 294 g/mol. The quantitative estimate of drug-likeness (QED) is 0.465. The summed E-state index contributed by atoms with van der Waals surface area (Å²) in [6, 6.07) is 0. The second-order valence-electron chi connectivity index (χ2n) is 5.25. The summed E-state index contributed by atoms with van der Waals surface area (Å²) in [4.78, 5) is 28.3. The van der Waals surface area contributed by atoms with Crippen LogP contribution in [0.15, 0.2) is 9.59 Å². The van der Waals surface area contributed by atoms with Crippen molar-refractivity contribution >= 4 is 17.1 Å². The Balaban J connectivity index is 2.71. The lowest BCUT2D eigenvalue weighted by atomic mass is 10.0. The first kappa shape index (κ1) is 16.2. The van der Waals surface area contributed by atoms with Crippen LogP contribution in [0, 0.1) is 0 Å². The number of aliphatic hydroxyl groups is 3. The third-order valence-corrected chi connectivity index (χ3v) is 3.76. The predicted octanol–water partition coefficient (Wildman–Crippen LogP) is -2.90. The Labute approximate surface area is 124 Å². The lowest BCUT2D eigenvalue weighted by Gasteiger charge is -2.28. The van der Waals surface area contributed by atoms with Gasteiger partial charge in [0.05, 0.1) is 19.8 Å². The van der Waals surface area contributed by atoms with E-state index in [9.17, 15) is 24.9 Å². The van der Waals surface area contributed by atoms with Crippen molar-refractivity contribution < 1.29 is 15.3 Å². The van der Waals surface area contributed by atoms with Crippen LogP contribution >= 0.6 is 0 Å². The van der Waals surface area contributed by atoms with E-state index in [1.165, 1.54) is 23.2 Å². The van der Waals surface area contributed by atoms with Gasteiger partial charge in [-0.1, -0.05) is 0 Å². The number of nitrogens with one attached hydrogen (secondary N) is 1. The third-order valence-electron chi connectivity index (χ3n) is 3.76. The van der Waals surface area contributed by atoms with Gasteiger partial charge in [0.15, 0.2) is 11.2 Å². The van der Waals surface area contributed by atoms with Crippen molar-refractivity contribution in [1.82, 2.24) is 18.7 Å². The maximum absolute atomic E-state index is 12.2. The van der Waals surface area contributed by atoms with Gasteiger partial charge in [-0.05, 0) is 0 Å². The standard InChI is InChI=1S/C12H19N5O5/c1-15-7-8(16(2)11(22)17(3)9(7)21)13-10(15)14-12(4-18,5-19)6-20/h18-20H,4-6H2,1-3H3,(H,13,14). The normalized spacial score (nSPS) is 12.1. The Kier molecular flexibility index (Phi) is 4.09. The van der Waals surface area contributed by atoms with Gasteiger partial charge in [0.25, 0.3) is 5.56 Å². The third kappa shape index (κ3) is 2.21. The fourth-order valence-electron chi connectivity index (χ4n) is 2.14. The Morgan fingerprint density at radius 2 is 1.55 bits per heavy atom. The zero-order chi connectivity index (χ0) is 16.7. The maximum Gasteiger partial charge on any atom is 0.332 e. The summed E-state index contributed by atoms with van der Waals surface area (Å²) < 4.78 is 3.60. The van der Waals surface area contributed by atoms with E-state index < -0.39 is 36.6 Å². The Bertz CT molecular complexity index is 806. The maximum atomic E-state index is 12.2. The molecule has 2 aromatic rings. The fourth-order valence-corrected chi connectivity index (χ4v) is 2.14. The van der Waals surface area contributed by atoms with Crippen molar-refractivity contribution in [2.45, 2.75) is 5.54 Å². The van der Waals surface area contributed by atoms with Crippen LogP contribution in [0.4, 0.5) is 5.95 Å². The number of aromatic nitrogens is 4. The van der Waals surface area contributed by atoms with Gasteiger partial charge in [0.1, 0.15) is 5.54 Å². The molecule has 0 radical (unpaired) electrons. The first-order valence-corrected chi connectivity index (χ1v) is 6.55. The van der Waals surface area contributed by atoms with Crippen LogP contribution in [0.3, 0.4) is 0 Å². The second kappa shape index (κ2) is 5.55. The van der Waals surface area contributed by atoms with E-state index in [0.717, 1.165) is 4.57 Å². The van der Waals surface area contributed by atoms with E-state index in [1.807, 2.05) is 0 Å². The largest absolute Gasteiger partial charge is 0.394 e. The Hall–Kier alpha value is -2.17. The molecule has 0 aromatic carbocycles. The lowest BCUT2D eigenvalue weighted by molar-refractivity contribution is 0.0827. The summed E-state index contributed by atoms with van der Waals surface area (Å²) in [6.45, 7) is -1.62. The first-order chi connectivity index (χ1) is 10.3. The van der Waals surface area contributed by atoms with Crippen LogP contribution in [-0.2, 0) is 21.1 Å². The van der Waals surface area contributed by atoms with Gasteiger partial charge in [0, 0.05) is 21.1 Å². The minimum Gasteiger partial charge on any atom is -0.394 e. The molecule has 22 heavy (non-hydrogen) atoms. The highest BCUT2D eigenvalue weighted by atomic mass is 16.3. The summed E-state index contributed by atoms with van der Waals surface area (Å²) in [5.41, 5.74) is -2.06. The van der Waals surface area contributed by atoms with Gasteiger partial charge in [0.2, 0.25) is 5.95 Å². The van der Waals surface area contributed by atoms with Gasteiger partial charge in [-0.25, -0.2) is 4.79 Å². The summed E-state index contributed by atoms with van der Waals surface area (Å²) in [7, 11) is 4.41. The number of hydrogen-bond acceptors (Lipinski definition) is 7. The zero-order valence-corrected chi connectivity index (χ0v) is 12.6. The van der Waals surface area contributed by atoms with Crippen LogP contribution < -0.4 is 16.6 Å². The zero-order valence-electron chi connectivity index (χ0n) is 12.6. The average Bonchev–Trinajstić information content (AvgIpc) is 2.85. The van der Waals surface area contributed by atoms with Gasteiger partial charge in [-0.3, -0.25) is 13.9 Å². The van der Waals surface area contributed by atoms with Crippen LogP contribution in [0.25, 0.3) is 11.2 Å². The molecule has 0 bridgehead atoms. The second-order valence-corrected chi connectivity index (χ2v) is 5.25. The number of hydrogen-bond donors (Lipinski definition) is 4. The Morgan fingerprint density at radius 3 is 2.05 bits per heavy atom. The monoisotopic (exact) mass is 313 g/mol. The van der Waals surface area contributed by atoms with E-state index >= 15 is 0 Å². The lowest BCUT2D eigenvalue weighted by Crippen LogP contribution is -2.49. The molecule has 10 nitrogen and oxygen atoms in total. The summed E-state index contributed by atoms with van der Waals surface area (Å²) in [5.74, 6) is 0.144. The molecule has 0 atom stereocenters. The minimum atomic E-state index is -1.39. The summed E-state index contributed by atoms with van der Waals surface area (Å²) in [6.07, 6.45) is 0. The highest BCUT2D eigenvalue weighted by Gasteiger charge is 2.30. The molecule has 0 saturated heterocycles. The molecule has 0 spiro atoms. The van der Waals surface area contributed by atoms with Crippen molar-refractivity contribution in [2.24, 2.45) is 21.1 Å². The molecule has 0 fully saturated rings. The number of anilines is 1. The van der Waals surface area contributed by atoms with Crippen molar-refractivity contribution in [3.8, 4) is 0 Å². The number of nitrogens with zero attached hydrogens (tertiary/aromatic N) is 4. The van der Waals surface area contributed by atoms with Crippen LogP contribution in [0.5, 0.6) is 0 Å². The van der Waals surface area contributed by atoms with E-state index in [1.54, 1.807) is 7.05 Å². The van der Waals surface area contributed by atoms with Crippen molar-refractivity contribution in [1.29, 1.82) is 0 Å². The van der Waals surface area contributed by atoms with Crippen LogP contribution in [0.1, 0.15) is 0 Å². The molecule has 10 heteroatoms. The SMILES string of the molecule is Cn1c(=O)c2c(nc(NC(CO)(CO)CO)n2C)n(C)c1=O. The highest BCUT2D eigenvalue weighted by Crippen LogP contribution is 2.17. The van der Waals surface area contributed by atoms with E-state index in [0.29, 0.717) is 0 Å². The molecule has 0 aliphatic rings. The highest BCUT2D eigenvalue weighted by molar-refractivity contribution is 5.74. The molecule has 2 rings (SSSR count). The predicted molar refractivity (Wildman–Crippen MR) is 78.8 cm³/mol. The number of aliphatic hydroxyl groups excluding tert-OH is 3. The molecule has 2 aromatic heterocycles. The van der Waals surface area contributed by atoms with Gasteiger partial charge >= 0.3 is 5.69 Å². The van der Waals surface area contributed by atoms with Crippen molar-refractivity contribution in [3.63, 3.8) is 0 Å². The first-order valence-electron chi connectivity index (χ1n) is 6.55. The van der Waals surface area contributed by atoms with Crippen molar-refractivity contribution in [2.75, 3.05) is 25.1 Å². The molecule has 0 amide bonds. The fraction of sp³-hybridized carbons (Fsp3) is 0.583. The number of fused-ring (bicyclic) bond motifs is 1. The molecule has 0 aliphatic heterocycles. The van der Waals surface area contributed by atoms with E-state index in [-0.39, 0.29) is 17.1 Å². The molecule has 122 valence electrons. The Morgan fingerprint density at radius 1 is 1.00 bits per heavy atom. The molecule has 0 unspecified atom stereocenters. The van der Waals surface area contributed by atoms with Gasteiger partial charge in [-0.15, -0.1) is 0 Å². The van der Waals surface area contributed by atoms with Crippen LogP contribution in [0.2, 0.25) is 0 Å². The molecular formula is C12H19N5O5. The topological polar surface area (TPSA) is 135 Å². The van der Waals surface area contributed by atoms with Gasteiger partial charge in [-0.2, -0.15) is 4.98 Å². The van der Waals surface area contributed by atoms with Crippen molar-refractivity contribution in [3.05, 3.63) is 20.8 Å². The van der Waals surface area contributed by atoms with E-state index in [4.69, 9.17) is 0 Å². The number of rotatable bonds is 5. The number of aryl methyl sites for hydroxylation is 2. The smallest absolute Gasteiger partial charge is 0.332 e. The molecule has 4 N–H and O–H groups in total. The molecule has 2 heterocycles. The van der Waals surface area contributed by atoms with E-state index in [2.05, 4.69) is 10.3 Å². The van der Waals surface area contributed by atoms with Gasteiger partial charge < -0.3 is 25.2 Å². The minimum absolute atomic E-state index is 0.144. The summed E-state index contributed by atoms with van der Waals surface area (Å²) in [5, 5.41) is 30.8. The van der Waals surface area contributed by atoms with Crippen LogP contribution in [-0.4, -0.2) is 59.4 Å². The molecule has 0 saturated carbocycles. The average molecular weight is 313 g/mol. The number of imidazole rings is 1.